The molecule has 3 rings (SSSR count). The van der Waals surface area contributed by atoms with Crippen molar-refractivity contribution >= 4 is 28.6 Å². The zero-order valence-corrected chi connectivity index (χ0v) is 15.0. The first-order chi connectivity index (χ1) is 10.5. The molecule has 1 atom stereocenters. The van der Waals surface area contributed by atoms with Crippen LogP contribution in [0.5, 0.6) is 0 Å². The fourth-order valence-electron chi connectivity index (χ4n) is 2.94. The smallest absolute Gasteiger partial charge is 0.263 e. The SMILES string of the molecule is Cc1ncsc1CCN(C)C(=O)c1cc2c(s1)CC[C@H](C)C2. The number of aromatic nitrogens is 1. The Morgan fingerprint density at radius 3 is 3.05 bits per heavy atom. The van der Waals surface area contributed by atoms with Gasteiger partial charge in [-0.1, -0.05) is 6.92 Å². The highest BCUT2D eigenvalue weighted by molar-refractivity contribution is 7.14. The van der Waals surface area contributed by atoms with Gasteiger partial charge in [0.2, 0.25) is 0 Å². The summed E-state index contributed by atoms with van der Waals surface area (Å²) in [6.45, 7) is 5.08. The molecule has 0 fully saturated rings. The van der Waals surface area contributed by atoms with Crippen LogP contribution in [0.3, 0.4) is 0 Å². The molecule has 2 aromatic heterocycles. The third kappa shape index (κ3) is 3.25. The lowest BCUT2D eigenvalue weighted by molar-refractivity contribution is 0.0801. The normalized spacial score (nSPS) is 17.3. The molecule has 0 bridgehead atoms. The summed E-state index contributed by atoms with van der Waals surface area (Å²) in [5, 5.41) is 0. The summed E-state index contributed by atoms with van der Waals surface area (Å²) in [5.41, 5.74) is 4.37. The molecule has 1 amide bonds. The molecule has 0 unspecified atom stereocenters. The predicted octanol–water partition coefficient (Wildman–Crippen LogP) is 3.95. The van der Waals surface area contributed by atoms with Crippen LogP contribution in [-0.2, 0) is 19.3 Å². The summed E-state index contributed by atoms with van der Waals surface area (Å²) >= 11 is 3.37. The van der Waals surface area contributed by atoms with E-state index >= 15 is 0 Å². The van der Waals surface area contributed by atoms with Gasteiger partial charge in [0.05, 0.1) is 16.1 Å². The average Bonchev–Trinajstić information content (AvgIpc) is 3.09. The van der Waals surface area contributed by atoms with Gasteiger partial charge in [0.15, 0.2) is 0 Å². The monoisotopic (exact) mass is 334 g/mol. The second kappa shape index (κ2) is 6.50. The maximum absolute atomic E-state index is 12.6. The van der Waals surface area contributed by atoms with Crippen LogP contribution in [0.1, 0.15) is 44.0 Å². The van der Waals surface area contributed by atoms with Crippen molar-refractivity contribution in [3.8, 4) is 0 Å². The predicted molar refractivity (Wildman–Crippen MR) is 93.0 cm³/mol. The molecule has 22 heavy (non-hydrogen) atoms. The van der Waals surface area contributed by atoms with Gasteiger partial charge in [-0.05, 0) is 43.7 Å². The van der Waals surface area contributed by atoms with E-state index in [0.29, 0.717) is 0 Å². The number of nitrogens with zero attached hydrogens (tertiary/aromatic N) is 2. The Morgan fingerprint density at radius 2 is 2.32 bits per heavy atom. The van der Waals surface area contributed by atoms with Gasteiger partial charge < -0.3 is 4.90 Å². The minimum absolute atomic E-state index is 0.161. The lowest BCUT2D eigenvalue weighted by atomic mass is 9.90. The number of amides is 1. The van der Waals surface area contributed by atoms with Gasteiger partial charge in [0.25, 0.3) is 5.91 Å². The lowest BCUT2D eigenvalue weighted by Crippen LogP contribution is -2.28. The Hall–Kier alpha value is -1.20. The third-order valence-electron chi connectivity index (χ3n) is 4.41. The van der Waals surface area contributed by atoms with Gasteiger partial charge in [0.1, 0.15) is 0 Å². The fraction of sp³-hybridized carbons (Fsp3) is 0.529. The minimum Gasteiger partial charge on any atom is -0.341 e. The van der Waals surface area contributed by atoms with Crippen LogP contribution in [0, 0.1) is 12.8 Å². The number of carbonyl (C=O) groups excluding carboxylic acids is 1. The first kappa shape index (κ1) is 15.7. The van der Waals surface area contributed by atoms with Crippen LogP contribution in [-0.4, -0.2) is 29.4 Å². The Kier molecular flexibility index (Phi) is 4.64. The second-order valence-electron chi connectivity index (χ2n) is 6.24. The molecule has 0 saturated carbocycles. The summed E-state index contributed by atoms with van der Waals surface area (Å²) in [6.07, 6.45) is 4.41. The molecule has 5 heteroatoms. The van der Waals surface area contributed by atoms with E-state index in [0.717, 1.165) is 42.3 Å². The number of thiophene rings is 1. The van der Waals surface area contributed by atoms with E-state index in [2.05, 4.69) is 18.0 Å². The van der Waals surface area contributed by atoms with E-state index in [9.17, 15) is 4.79 Å². The van der Waals surface area contributed by atoms with E-state index in [4.69, 9.17) is 0 Å². The molecule has 2 heterocycles. The van der Waals surface area contributed by atoms with Crippen LogP contribution >= 0.6 is 22.7 Å². The average molecular weight is 335 g/mol. The minimum atomic E-state index is 0.161. The molecule has 3 nitrogen and oxygen atoms in total. The zero-order valence-electron chi connectivity index (χ0n) is 13.4. The maximum Gasteiger partial charge on any atom is 0.263 e. The largest absolute Gasteiger partial charge is 0.341 e. The molecule has 0 aliphatic heterocycles. The summed E-state index contributed by atoms with van der Waals surface area (Å²) in [7, 11) is 1.90. The molecule has 0 aromatic carbocycles. The third-order valence-corrected chi connectivity index (χ3v) is 6.63. The molecular weight excluding hydrogens is 312 g/mol. The fourth-order valence-corrected chi connectivity index (χ4v) is 4.91. The van der Waals surface area contributed by atoms with Crippen LogP contribution in [0.15, 0.2) is 11.6 Å². The summed E-state index contributed by atoms with van der Waals surface area (Å²) in [6, 6.07) is 2.13. The second-order valence-corrected chi connectivity index (χ2v) is 8.32. The summed E-state index contributed by atoms with van der Waals surface area (Å²) in [4.78, 5) is 22.3. The molecule has 0 saturated heterocycles. The van der Waals surface area contributed by atoms with Crippen molar-refractivity contribution in [3.63, 3.8) is 0 Å². The van der Waals surface area contributed by atoms with E-state index in [1.165, 1.54) is 21.7 Å². The number of carbonyl (C=O) groups is 1. The molecule has 0 radical (unpaired) electrons. The highest BCUT2D eigenvalue weighted by atomic mass is 32.1. The number of thiazole rings is 1. The molecular formula is C17H22N2OS2. The Bertz CT molecular complexity index is 674. The van der Waals surface area contributed by atoms with E-state index in [1.54, 1.807) is 22.7 Å². The van der Waals surface area contributed by atoms with Gasteiger partial charge in [-0.25, -0.2) is 4.98 Å². The Labute approximate surface area is 140 Å². The van der Waals surface area contributed by atoms with Crippen molar-refractivity contribution in [1.29, 1.82) is 0 Å². The van der Waals surface area contributed by atoms with Crippen molar-refractivity contribution < 1.29 is 4.79 Å². The van der Waals surface area contributed by atoms with E-state index in [-0.39, 0.29) is 5.91 Å². The highest BCUT2D eigenvalue weighted by Gasteiger charge is 2.22. The zero-order chi connectivity index (χ0) is 15.7. The number of fused-ring (bicyclic) bond motifs is 1. The van der Waals surface area contributed by atoms with Crippen LogP contribution in [0.4, 0.5) is 0 Å². The number of rotatable bonds is 4. The van der Waals surface area contributed by atoms with Crippen molar-refractivity contribution in [1.82, 2.24) is 9.88 Å². The molecule has 0 spiro atoms. The summed E-state index contributed by atoms with van der Waals surface area (Å²) in [5.74, 6) is 0.909. The Morgan fingerprint density at radius 1 is 1.50 bits per heavy atom. The maximum atomic E-state index is 12.6. The molecule has 1 aliphatic rings. The van der Waals surface area contributed by atoms with Crippen LogP contribution < -0.4 is 0 Å². The van der Waals surface area contributed by atoms with E-state index in [1.807, 2.05) is 24.4 Å². The molecule has 0 N–H and O–H groups in total. The van der Waals surface area contributed by atoms with Crippen molar-refractivity contribution in [2.24, 2.45) is 5.92 Å². The topological polar surface area (TPSA) is 33.2 Å². The quantitative estimate of drug-likeness (QED) is 0.848. The Balaban J connectivity index is 1.64. The standard InChI is InChI=1S/C17H22N2OS2/c1-11-4-5-15-13(8-11)9-16(22-15)17(20)19(3)7-6-14-12(2)18-10-21-14/h9-11H,4-8H2,1-3H3/t11-/m0/s1. The number of hydrogen-bond acceptors (Lipinski definition) is 4. The van der Waals surface area contributed by atoms with E-state index < -0.39 is 0 Å². The highest BCUT2D eigenvalue weighted by Crippen LogP contribution is 2.32. The lowest BCUT2D eigenvalue weighted by Gasteiger charge is -2.16. The van der Waals surface area contributed by atoms with Crippen molar-refractivity contribution in [3.05, 3.63) is 37.5 Å². The van der Waals surface area contributed by atoms with Gasteiger partial charge in [-0.2, -0.15) is 0 Å². The van der Waals surface area contributed by atoms with Crippen LogP contribution in [0.2, 0.25) is 0 Å². The van der Waals surface area contributed by atoms with Crippen LogP contribution in [0.25, 0.3) is 0 Å². The van der Waals surface area contributed by atoms with Gasteiger partial charge in [-0.15, -0.1) is 22.7 Å². The molecule has 1 aliphatic carbocycles. The summed E-state index contributed by atoms with van der Waals surface area (Å²) < 4.78 is 0. The van der Waals surface area contributed by atoms with Crippen molar-refractivity contribution in [2.45, 2.75) is 39.5 Å². The number of aryl methyl sites for hydroxylation is 2. The first-order valence-electron chi connectivity index (χ1n) is 7.80. The van der Waals surface area contributed by atoms with Gasteiger partial charge in [-0.3, -0.25) is 4.79 Å². The van der Waals surface area contributed by atoms with Gasteiger partial charge >= 0.3 is 0 Å². The number of hydrogen-bond donors (Lipinski definition) is 0. The molecule has 118 valence electrons. The molecule has 2 aromatic rings. The van der Waals surface area contributed by atoms with Crippen molar-refractivity contribution in [2.75, 3.05) is 13.6 Å². The van der Waals surface area contributed by atoms with Gasteiger partial charge in [0, 0.05) is 29.8 Å². The number of likely N-dealkylation sites (N-methyl/N-ethyl adjacent to an activating group) is 1. The first-order valence-corrected chi connectivity index (χ1v) is 9.50.